The highest BCUT2D eigenvalue weighted by Gasteiger charge is 2.22. The highest BCUT2D eigenvalue weighted by atomic mass is 35.5. The van der Waals surface area contributed by atoms with Gasteiger partial charge in [-0.3, -0.25) is 0 Å². The number of methoxy groups -OCH3 is 2. The largest absolute Gasteiger partial charge is 0.493 e. The Labute approximate surface area is 131 Å². The van der Waals surface area contributed by atoms with Crippen LogP contribution in [0.5, 0.6) is 11.5 Å². The number of rotatable bonds is 5. The second kappa shape index (κ2) is 7.84. The molecule has 2 rings (SSSR count). The molecule has 1 saturated heterocycles. The Bertz CT molecular complexity index is 559. The third-order valence-electron chi connectivity index (χ3n) is 3.28. The van der Waals surface area contributed by atoms with Crippen molar-refractivity contribution in [2.24, 2.45) is 0 Å². The summed E-state index contributed by atoms with van der Waals surface area (Å²) in [5.41, 5.74) is 0. The van der Waals surface area contributed by atoms with Gasteiger partial charge in [-0.05, 0) is 31.5 Å². The molecular weight excluding hydrogens is 316 g/mol. The van der Waals surface area contributed by atoms with Crippen LogP contribution in [0.15, 0.2) is 23.1 Å². The minimum Gasteiger partial charge on any atom is -0.493 e. The minimum atomic E-state index is -3.54. The van der Waals surface area contributed by atoms with Gasteiger partial charge in [0, 0.05) is 18.7 Å². The number of nitrogens with one attached hydrogen (secondary N) is 2. The number of sulfonamides is 1. The molecule has 0 amide bonds. The zero-order valence-corrected chi connectivity index (χ0v) is 13.7. The van der Waals surface area contributed by atoms with Crippen molar-refractivity contribution >= 4 is 22.4 Å². The van der Waals surface area contributed by atoms with Gasteiger partial charge in [0.2, 0.25) is 10.0 Å². The molecule has 21 heavy (non-hydrogen) atoms. The maximum absolute atomic E-state index is 12.3. The molecule has 1 fully saturated rings. The van der Waals surface area contributed by atoms with E-state index in [-0.39, 0.29) is 23.3 Å². The summed E-state index contributed by atoms with van der Waals surface area (Å²) in [6.07, 6.45) is 1.82. The molecule has 8 heteroatoms. The number of piperidine rings is 1. The molecule has 1 aromatic carbocycles. The van der Waals surface area contributed by atoms with Crippen LogP contribution in [0, 0.1) is 0 Å². The Kier molecular flexibility index (Phi) is 6.73. The van der Waals surface area contributed by atoms with Crippen molar-refractivity contribution in [3.8, 4) is 11.5 Å². The molecular formula is C13H21ClN2O4S. The normalized spacial score (nSPS) is 18.7. The molecule has 1 aliphatic rings. The Balaban J connectivity index is 0.00000220. The third kappa shape index (κ3) is 4.47. The molecule has 0 aliphatic carbocycles. The minimum absolute atomic E-state index is 0. The predicted octanol–water partition coefficient (Wildman–Crippen LogP) is 1.16. The molecule has 1 unspecified atom stereocenters. The average molecular weight is 337 g/mol. The van der Waals surface area contributed by atoms with E-state index in [9.17, 15) is 8.42 Å². The second-order valence-corrected chi connectivity index (χ2v) is 6.40. The van der Waals surface area contributed by atoms with Crippen LogP contribution in [0.1, 0.15) is 12.8 Å². The molecule has 0 aromatic heterocycles. The highest BCUT2D eigenvalue weighted by Crippen LogP contribution is 2.29. The molecule has 0 saturated carbocycles. The van der Waals surface area contributed by atoms with Crippen molar-refractivity contribution < 1.29 is 17.9 Å². The van der Waals surface area contributed by atoms with Crippen molar-refractivity contribution in [3.05, 3.63) is 18.2 Å². The van der Waals surface area contributed by atoms with Gasteiger partial charge in [-0.15, -0.1) is 12.4 Å². The van der Waals surface area contributed by atoms with E-state index in [0.717, 1.165) is 19.4 Å². The molecule has 1 heterocycles. The first-order valence-corrected chi connectivity index (χ1v) is 8.00. The molecule has 2 N–H and O–H groups in total. The third-order valence-corrected chi connectivity index (χ3v) is 4.80. The summed E-state index contributed by atoms with van der Waals surface area (Å²) >= 11 is 0. The molecule has 1 aromatic rings. The predicted molar refractivity (Wildman–Crippen MR) is 83.0 cm³/mol. The maximum Gasteiger partial charge on any atom is 0.241 e. The lowest BCUT2D eigenvalue weighted by molar-refractivity contribution is 0.353. The van der Waals surface area contributed by atoms with Gasteiger partial charge in [0.05, 0.1) is 19.1 Å². The van der Waals surface area contributed by atoms with E-state index in [2.05, 4.69) is 10.0 Å². The standard InChI is InChI=1S/C13H20N2O4S.ClH/c1-18-12-6-5-11(8-13(12)19-2)20(16,17)15-10-4-3-7-14-9-10;/h5-6,8,10,14-15H,3-4,7,9H2,1-2H3;1H. The lowest BCUT2D eigenvalue weighted by Gasteiger charge is -2.23. The number of hydrogen-bond donors (Lipinski definition) is 2. The van der Waals surface area contributed by atoms with Crippen LogP contribution in [0.2, 0.25) is 0 Å². The van der Waals surface area contributed by atoms with E-state index >= 15 is 0 Å². The number of benzene rings is 1. The van der Waals surface area contributed by atoms with Gasteiger partial charge in [-0.25, -0.2) is 13.1 Å². The zero-order valence-electron chi connectivity index (χ0n) is 12.1. The summed E-state index contributed by atoms with van der Waals surface area (Å²) in [4.78, 5) is 0.181. The van der Waals surface area contributed by atoms with E-state index in [4.69, 9.17) is 9.47 Å². The fourth-order valence-electron chi connectivity index (χ4n) is 2.22. The van der Waals surface area contributed by atoms with Crippen LogP contribution in [-0.2, 0) is 10.0 Å². The highest BCUT2D eigenvalue weighted by molar-refractivity contribution is 7.89. The molecule has 0 bridgehead atoms. The van der Waals surface area contributed by atoms with Crippen LogP contribution >= 0.6 is 12.4 Å². The van der Waals surface area contributed by atoms with Crippen molar-refractivity contribution in [1.82, 2.24) is 10.0 Å². The van der Waals surface area contributed by atoms with Crippen LogP contribution in [0.3, 0.4) is 0 Å². The summed E-state index contributed by atoms with van der Waals surface area (Å²) in [6, 6.07) is 4.51. The van der Waals surface area contributed by atoms with Gasteiger partial charge >= 0.3 is 0 Å². The van der Waals surface area contributed by atoms with Gasteiger partial charge in [0.1, 0.15) is 0 Å². The summed E-state index contributed by atoms with van der Waals surface area (Å²) in [5.74, 6) is 0.905. The Morgan fingerprint density at radius 1 is 1.24 bits per heavy atom. The molecule has 1 aliphatic heterocycles. The van der Waals surface area contributed by atoms with Gasteiger partial charge in [0.15, 0.2) is 11.5 Å². The first kappa shape index (κ1) is 18.0. The van der Waals surface area contributed by atoms with E-state index in [1.54, 1.807) is 6.07 Å². The first-order valence-electron chi connectivity index (χ1n) is 6.52. The molecule has 0 radical (unpaired) electrons. The van der Waals surface area contributed by atoms with Gasteiger partial charge in [-0.2, -0.15) is 0 Å². The van der Waals surface area contributed by atoms with E-state index in [1.807, 2.05) is 0 Å². The molecule has 120 valence electrons. The van der Waals surface area contributed by atoms with Crippen LogP contribution in [-0.4, -0.2) is 41.8 Å². The van der Waals surface area contributed by atoms with Crippen LogP contribution in [0.25, 0.3) is 0 Å². The molecule has 0 spiro atoms. The van der Waals surface area contributed by atoms with Gasteiger partial charge in [-0.1, -0.05) is 0 Å². The Morgan fingerprint density at radius 2 is 1.95 bits per heavy atom. The maximum atomic E-state index is 12.3. The Morgan fingerprint density at radius 3 is 2.52 bits per heavy atom. The summed E-state index contributed by atoms with van der Waals surface area (Å²) in [6.45, 7) is 1.60. The summed E-state index contributed by atoms with van der Waals surface area (Å²) < 4.78 is 37.6. The number of halogens is 1. The topological polar surface area (TPSA) is 76.7 Å². The van der Waals surface area contributed by atoms with E-state index < -0.39 is 10.0 Å². The van der Waals surface area contributed by atoms with Gasteiger partial charge in [0.25, 0.3) is 0 Å². The second-order valence-electron chi connectivity index (χ2n) is 4.68. The monoisotopic (exact) mass is 336 g/mol. The van der Waals surface area contributed by atoms with Crippen molar-refractivity contribution in [2.75, 3.05) is 27.3 Å². The smallest absolute Gasteiger partial charge is 0.241 e. The number of ether oxygens (including phenoxy) is 2. The molecule has 1 atom stereocenters. The average Bonchev–Trinajstić information content (AvgIpc) is 2.47. The van der Waals surface area contributed by atoms with Crippen LogP contribution < -0.4 is 19.5 Å². The fraction of sp³-hybridized carbons (Fsp3) is 0.538. The lowest BCUT2D eigenvalue weighted by Crippen LogP contribution is -2.45. The van der Waals surface area contributed by atoms with E-state index in [1.165, 1.54) is 26.4 Å². The van der Waals surface area contributed by atoms with Crippen molar-refractivity contribution in [1.29, 1.82) is 0 Å². The summed E-state index contributed by atoms with van der Waals surface area (Å²) in [5, 5.41) is 3.18. The van der Waals surface area contributed by atoms with E-state index in [0.29, 0.717) is 18.0 Å². The van der Waals surface area contributed by atoms with Crippen molar-refractivity contribution in [2.45, 2.75) is 23.8 Å². The zero-order chi connectivity index (χ0) is 14.6. The number of hydrogen-bond acceptors (Lipinski definition) is 5. The fourth-order valence-corrected chi connectivity index (χ4v) is 3.51. The first-order chi connectivity index (χ1) is 9.56. The van der Waals surface area contributed by atoms with Crippen LogP contribution in [0.4, 0.5) is 0 Å². The quantitative estimate of drug-likeness (QED) is 0.843. The Hall–Kier alpha value is -1.02. The SMILES string of the molecule is COc1ccc(S(=O)(=O)NC2CCCNC2)cc1OC.Cl. The van der Waals surface area contributed by atoms with Crippen molar-refractivity contribution in [3.63, 3.8) is 0 Å². The molecule has 6 nitrogen and oxygen atoms in total. The summed E-state index contributed by atoms with van der Waals surface area (Å²) in [7, 11) is -0.552. The lowest BCUT2D eigenvalue weighted by atomic mass is 10.1. The van der Waals surface area contributed by atoms with Gasteiger partial charge < -0.3 is 14.8 Å².